The van der Waals surface area contributed by atoms with Gasteiger partial charge in [-0.05, 0) is 97.9 Å². The minimum atomic E-state index is -0.751. The molecule has 4 heteroatoms. The summed E-state index contributed by atoms with van der Waals surface area (Å²) in [5.74, 6) is 1.73. The summed E-state index contributed by atoms with van der Waals surface area (Å²) in [5, 5.41) is 4.25. The molecular formula is C36H55NO3. The van der Waals surface area contributed by atoms with Crippen LogP contribution in [0.4, 0.5) is 0 Å². The van der Waals surface area contributed by atoms with Crippen molar-refractivity contribution in [2.45, 2.75) is 156 Å². The van der Waals surface area contributed by atoms with E-state index in [0.29, 0.717) is 5.92 Å². The molecule has 7 atom stereocenters. The van der Waals surface area contributed by atoms with Gasteiger partial charge in [-0.15, -0.1) is 0 Å². The molecule has 222 valence electrons. The standard InChI is InChI=1S/C36H55NO3/c1-10-11-12-28-32(6)17-15-30(2,3)16-20-36(39-28)27(38)21-26-33(7)22-24-23-37-40-29(24)31(4,5)25(33)13-14-34(26,8)35(36,9)19-18-32/h21,23,25,28H,10-20,22H2,1-9H3/t25-,28?,32-,33-,34+,35-,36+/m0/s1. The molecular weight excluding hydrogens is 494 g/mol. The van der Waals surface area contributed by atoms with Crippen LogP contribution in [0.15, 0.2) is 22.4 Å². The molecule has 0 aromatic carbocycles. The highest BCUT2D eigenvalue weighted by Gasteiger charge is 2.72. The lowest BCUT2D eigenvalue weighted by molar-refractivity contribution is -0.214. The zero-order valence-electron chi connectivity index (χ0n) is 27.0. The fraction of sp³-hybridized carbons (Fsp3) is 0.833. The van der Waals surface area contributed by atoms with Gasteiger partial charge >= 0.3 is 0 Å². The Balaban J connectivity index is 1.54. The largest absolute Gasteiger partial charge is 0.362 e. The van der Waals surface area contributed by atoms with Gasteiger partial charge in [-0.1, -0.05) is 85.9 Å². The number of fused-ring (bicyclic) bond motifs is 7. The summed E-state index contributed by atoms with van der Waals surface area (Å²) < 4.78 is 13.4. The number of hydrogen-bond donors (Lipinski definition) is 0. The summed E-state index contributed by atoms with van der Waals surface area (Å²) in [5.41, 5.74) is 1.62. The monoisotopic (exact) mass is 549 g/mol. The molecule has 40 heavy (non-hydrogen) atoms. The van der Waals surface area contributed by atoms with Crippen molar-refractivity contribution in [3.63, 3.8) is 0 Å². The van der Waals surface area contributed by atoms with Crippen LogP contribution in [-0.4, -0.2) is 22.6 Å². The zero-order valence-corrected chi connectivity index (χ0v) is 27.0. The maximum atomic E-state index is 15.0. The highest BCUT2D eigenvalue weighted by molar-refractivity contribution is 6.00. The van der Waals surface area contributed by atoms with E-state index in [9.17, 15) is 0 Å². The van der Waals surface area contributed by atoms with Crippen molar-refractivity contribution in [1.82, 2.24) is 5.16 Å². The molecule has 5 aliphatic rings. The normalized spacial score (nSPS) is 45.5. The number of aromatic nitrogens is 1. The lowest BCUT2D eigenvalue weighted by Crippen LogP contribution is -2.68. The quantitative estimate of drug-likeness (QED) is 0.377. The minimum Gasteiger partial charge on any atom is -0.362 e. The second-order valence-corrected chi connectivity index (χ2v) is 17.1. The Labute approximate surface area is 243 Å². The Morgan fingerprint density at radius 1 is 0.925 bits per heavy atom. The Kier molecular flexibility index (Phi) is 6.31. The van der Waals surface area contributed by atoms with Crippen LogP contribution in [0.2, 0.25) is 0 Å². The van der Waals surface area contributed by atoms with Crippen molar-refractivity contribution in [3.8, 4) is 0 Å². The highest BCUT2D eigenvalue weighted by atomic mass is 16.5. The fourth-order valence-electron chi connectivity index (χ4n) is 11.0. The average molecular weight is 550 g/mol. The Morgan fingerprint density at radius 3 is 2.35 bits per heavy atom. The summed E-state index contributed by atoms with van der Waals surface area (Å²) in [7, 11) is 0. The molecule has 2 aliphatic heterocycles. The summed E-state index contributed by atoms with van der Waals surface area (Å²) >= 11 is 0. The molecule has 6 rings (SSSR count). The van der Waals surface area contributed by atoms with E-state index in [1.807, 2.05) is 6.20 Å². The SMILES string of the molecule is CCCCC1O[C@@]23CCC(C)(C)CC[C@@]1(C)CC[C@@]2(C)[C@]1(C)CC[C@H]2C(C)(C)c4oncc4C[C@]2(C)C1=CC3=O. The average Bonchev–Trinajstić information content (AvgIpc) is 3.33. The number of carbonyl (C=O) groups is 1. The number of nitrogens with zero attached hydrogens (tertiary/aromatic N) is 1. The van der Waals surface area contributed by atoms with Crippen LogP contribution in [0.1, 0.15) is 144 Å². The minimum absolute atomic E-state index is 0.0964. The number of unbranched alkanes of at least 4 members (excludes halogenated alkanes) is 1. The van der Waals surface area contributed by atoms with Gasteiger partial charge in [-0.2, -0.15) is 0 Å². The lowest BCUT2D eigenvalue weighted by atomic mass is 9.37. The number of allylic oxidation sites excluding steroid dienone is 1. The number of ether oxygens (including phenoxy) is 1. The topological polar surface area (TPSA) is 52.3 Å². The van der Waals surface area contributed by atoms with E-state index in [-0.39, 0.29) is 44.4 Å². The first kappa shape index (κ1) is 28.7. The predicted molar refractivity (Wildman–Crippen MR) is 160 cm³/mol. The summed E-state index contributed by atoms with van der Waals surface area (Å²) in [6.45, 7) is 21.8. The Bertz CT molecular complexity index is 1220. The molecule has 3 heterocycles. The molecule has 0 N–H and O–H groups in total. The van der Waals surface area contributed by atoms with Gasteiger partial charge in [0, 0.05) is 16.4 Å². The van der Waals surface area contributed by atoms with Crippen LogP contribution < -0.4 is 0 Å². The van der Waals surface area contributed by atoms with Crippen LogP contribution in [-0.2, 0) is 21.4 Å². The van der Waals surface area contributed by atoms with Crippen LogP contribution >= 0.6 is 0 Å². The van der Waals surface area contributed by atoms with E-state index in [1.165, 1.54) is 36.8 Å². The number of carbonyl (C=O) groups excluding carboxylic acids is 1. The first-order valence-corrected chi connectivity index (χ1v) is 16.5. The van der Waals surface area contributed by atoms with Crippen molar-refractivity contribution in [3.05, 3.63) is 29.2 Å². The first-order valence-electron chi connectivity index (χ1n) is 16.5. The van der Waals surface area contributed by atoms with Gasteiger partial charge in [0.25, 0.3) is 0 Å². The van der Waals surface area contributed by atoms with Gasteiger partial charge in [0.15, 0.2) is 5.78 Å². The van der Waals surface area contributed by atoms with Gasteiger partial charge in [0.1, 0.15) is 11.4 Å². The molecule has 3 aliphatic carbocycles. The smallest absolute Gasteiger partial charge is 0.188 e. The number of ketones is 1. The van der Waals surface area contributed by atoms with E-state index in [4.69, 9.17) is 9.26 Å². The lowest BCUT2D eigenvalue weighted by Gasteiger charge is -2.67. The molecule has 3 fully saturated rings. The van der Waals surface area contributed by atoms with E-state index in [2.05, 4.69) is 73.5 Å². The number of hydrogen-bond acceptors (Lipinski definition) is 4. The van der Waals surface area contributed by atoms with Crippen molar-refractivity contribution in [2.24, 2.45) is 33.0 Å². The van der Waals surface area contributed by atoms with Crippen molar-refractivity contribution in [1.29, 1.82) is 0 Å². The maximum absolute atomic E-state index is 15.0. The molecule has 1 saturated carbocycles. The van der Waals surface area contributed by atoms with Crippen molar-refractivity contribution < 1.29 is 14.1 Å². The molecule has 1 aromatic heterocycles. The van der Waals surface area contributed by atoms with E-state index in [1.54, 1.807) is 0 Å². The molecule has 1 aromatic rings. The third kappa shape index (κ3) is 3.59. The molecule has 0 radical (unpaired) electrons. The van der Waals surface area contributed by atoms with E-state index >= 15 is 4.79 Å². The summed E-state index contributed by atoms with van der Waals surface area (Å²) in [4.78, 5) is 15.0. The molecule has 1 spiro atoms. The molecule has 4 nitrogen and oxygen atoms in total. The Hall–Kier alpha value is -1.42. The fourth-order valence-corrected chi connectivity index (χ4v) is 11.0. The maximum Gasteiger partial charge on any atom is 0.188 e. The van der Waals surface area contributed by atoms with Gasteiger partial charge in [0.05, 0.1) is 12.3 Å². The molecule has 2 saturated heterocycles. The zero-order chi connectivity index (χ0) is 29.0. The number of rotatable bonds is 3. The summed E-state index contributed by atoms with van der Waals surface area (Å²) in [6, 6.07) is 0. The second-order valence-electron chi connectivity index (χ2n) is 17.1. The van der Waals surface area contributed by atoms with Crippen molar-refractivity contribution >= 4 is 5.78 Å². The van der Waals surface area contributed by atoms with Crippen molar-refractivity contribution in [2.75, 3.05) is 0 Å². The van der Waals surface area contributed by atoms with Crippen LogP contribution in [0, 0.1) is 33.0 Å². The molecule has 1 unspecified atom stereocenters. The summed E-state index contributed by atoms with van der Waals surface area (Å²) in [6.07, 6.45) is 17.3. The molecule has 0 amide bonds. The van der Waals surface area contributed by atoms with E-state index in [0.717, 1.165) is 57.1 Å². The highest BCUT2D eigenvalue weighted by Crippen LogP contribution is 2.73. The van der Waals surface area contributed by atoms with Gasteiger partial charge < -0.3 is 9.26 Å². The van der Waals surface area contributed by atoms with Crippen LogP contribution in [0.3, 0.4) is 0 Å². The Morgan fingerprint density at radius 2 is 1.62 bits per heavy atom. The van der Waals surface area contributed by atoms with Gasteiger partial charge in [-0.3, -0.25) is 4.79 Å². The molecule has 2 bridgehead atoms. The second kappa shape index (κ2) is 8.80. The third-order valence-electron chi connectivity index (χ3n) is 14.0. The predicted octanol–water partition coefficient (Wildman–Crippen LogP) is 9.16. The van der Waals surface area contributed by atoms with Gasteiger partial charge in [0.2, 0.25) is 0 Å². The first-order chi connectivity index (χ1) is 18.6. The van der Waals surface area contributed by atoms with E-state index < -0.39 is 5.60 Å². The van der Waals surface area contributed by atoms with Crippen LogP contribution in [0.5, 0.6) is 0 Å². The third-order valence-corrected chi connectivity index (χ3v) is 14.0. The van der Waals surface area contributed by atoms with Gasteiger partial charge in [-0.25, -0.2) is 0 Å². The van der Waals surface area contributed by atoms with Crippen LogP contribution in [0.25, 0.3) is 0 Å².